The molecule has 7 heteroatoms. The van der Waals surface area contributed by atoms with Crippen LogP contribution < -0.4 is 10.6 Å². The van der Waals surface area contributed by atoms with Crippen LogP contribution in [0.5, 0.6) is 0 Å². The van der Waals surface area contributed by atoms with E-state index < -0.39 is 0 Å². The largest absolute Gasteiger partial charge is 0.373 e. The van der Waals surface area contributed by atoms with Crippen LogP contribution in [0.2, 0.25) is 0 Å². The normalized spacial score (nSPS) is 22.0. The third-order valence-corrected chi connectivity index (χ3v) is 5.48. The number of rotatable bonds is 6. The third kappa shape index (κ3) is 7.32. The van der Waals surface area contributed by atoms with Crippen LogP contribution >= 0.6 is 35.3 Å². The van der Waals surface area contributed by atoms with Gasteiger partial charge in [-0.15, -0.1) is 35.3 Å². The molecular weight excluding hydrogens is 459 g/mol. The first kappa shape index (κ1) is 23.7. The van der Waals surface area contributed by atoms with Crippen molar-refractivity contribution in [2.24, 2.45) is 4.99 Å². The number of halogens is 1. The molecule has 0 bridgehead atoms. The van der Waals surface area contributed by atoms with Crippen molar-refractivity contribution in [1.29, 1.82) is 0 Å². The number of guanidine groups is 1. The number of hydrogen-bond donors (Lipinski definition) is 2. The lowest BCUT2D eigenvalue weighted by atomic mass is 10.00. The molecule has 1 aliphatic heterocycles. The van der Waals surface area contributed by atoms with E-state index in [1.165, 1.54) is 9.75 Å². The fourth-order valence-electron chi connectivity index (χ4n) is 3.15. The highest BCUT2D eigenvalue weighted by atomic mass is 127. The summed E-state index contributed by atoms with van der Waals surface area (Å²) in [5.41, 5.74) is 0.0437. The van der Waals surface area contributed by atoms with Crippen molar-refractivity contribution in [2.75, 3.05) is 26.2 Å². The summed E-state index contributed by atoms with van der Waals surface area (Å²) in [7, 11) is 0. The van der Waals surface area contributed by atoms with E-state index >= 15 is 0 Å². The van der Waals surface area contributed by atoms with Crippen LogP contribution in [0.15, 0.2) is 17.1 Å². The molecule has 2 heterocycles. The fourth-order valence-corrected chi connectivity index (χ4v) is 3.97. The van der Waals surface area contributed by atoms with E-state index in [4.69, 9.17) is 9.73 Å². The van der Waals surface area contributed by atoms with E-state index in [0.29, 0.717) is 0 Å². The third-order valence-electron chi connectivity index (χ3n) is 4.50. The summed E-state index contributed by atoms with van der Waals surface area (Å²) in [4.78, 5) is 9.88. The van der Waals surface area contributed by atoms with Crippen molar-refractivity contribution >= 4 is 41.3 Å². The zero-order valence-corrected chi connectivity index (χ0v) is 20.1. The molecular formula is C19H35IN4OS. The molecule has 2 unspecified atom stereocenters. The number of nitrogens with zero attached hydrogens (tertiary/aromatic N) is 2. The molecule has 1 aromatic heterocycles. The van der Waals surface area contributed by atoms with Gasteiger partial charge in [0.25, 0.3) is 0 Å². The highest BCUT2D eigenvalue weighted by Gasteiger charge is 2.33. The Bertz CT molecular complexity index is 566. The van der Waals surface area contributed by atoms with Gasteiger partial charge in [-0.3, -0.25) is 4.90 Å². The highest BCUT2D eigenvalue weighted by molar-refractivity contribution is 14.0. The minimum atomic E-state index is 0. The predicted molar refractivity (Wildman–Crippen MR) is 123 cm³/mol. The van der Waals surface area contributed by atoms with Crippen LogP contribution in [0.25, 0.3) is 0 Å². The van der Waals surface area contributed by atoms with Gasteiger partial charge in [0.05, 0.1) is 18.8 Å². The summed E-state index contributed by atoms with van der Waals surface area (Å²) in [6, 6.07) is 4.31. The maximum absolute atomic E-state index is 5.87. The molecule has 1 fully saturated rings. The molecule has 0 amide bonds. The lowest BCUT2D eigenvalue weighted by Crippen LogP contribution is -2.59. The van der Waals surface area contributed by atoms with Crippen LogP contribution in [0.3, 0.4) is 0 Å². The molecule has 1 saturated heterocycles. The molecule has 2 rings (SSSR count). The van der Waals surface area contributed by atoms with Crippen molar-refractivity contribution in [1.82, 2.24) is 15.5 Å². The van der Waals surface area contributed by atoms with Gasteiger partial charge in [0.2, 0.25) is 0 Å². The Hall–Kier alpha value is -0.380. The maximum atomic E-state index is 5.87. The average Bonchev–Trinajstić information content (AvgIpc) is 2.95. The number of thiophene rings is 1. The summed E-state index contributed by atoms with van der Waals surface area (Å²) in [5.74, 6) is 0.885. The monoisotopic (exact) mass is 494 g/mol. The van der Waals surface area contributed by atoms with Gasteiger partial charge in [-0.1, -0.05) is 0 Å². The molecule has 2 atom stereocenters. The van der Waals surface area contributed by atoms with E-state index in [9.17, 15) is 0 Å². The number of ether oxygens (including phenoxy) is 1. The predicted octanol–water partition coefficient (Wildman–Crippen LogP) is 3.62. The summed E-state index contributed by atoms with van der Waals surface area (Å²) < 4.78 is 5.87. The highest BCUT2D eigenvalue weighted by Crippen LogP contribution is 2.20. The van der Waals surface area contributed by atoms with Gasteiger partial charge in [0, 0.05) is 41.5 Å². The number of aliphatic imine (C=N–C) groups is 1. The van der Waals surface area contributed by atoms with E-state index in [1.54, 1.807) is 0 Å². The molecule has 0 radical (unpaired) electrons. The zero-order chi connectivity index (χ0) is 18.4. The zero-order valence-electron chi connectivity index (χ0n) is 17.0. The van der Waals surface area contributed by atoms with Crippen molar-refractivity contribution < 1.29 is 4.74 Å². The van der Waals surface area contributed by atoms with E-state index in [2.05, 4.69) is 69.2 Å². The Morgan fingerprint density at radius 3 is 2.46 bits per heavy atom. The molecule has 5 nitrogen and oxygen atoms in total. The van der Waals surface area contributed by atoms with Crippen molar-refractivity contribution in [2.45, 2.75) is 65.8 Å². The van der Waals surface area contributed by atoms with Crippen LogP contribution in [0.4, 0.5) is 0 Å². The van der Waals surface area contributed by atoms with Gasteiger partial charge in [-0.05, 0) is 53.7 Å². The number of hydrogen-bond acceptors (Lipinski definition) is 4. The standard InChI is InChI=1S/C19H34N4OS.HI/c1-7-20-18(21-10-17-9-8-16(4)25-17)22-13-19(5,6)23-11-14(2)24-15(3)12-23;/h8-9,14-15H,7,10-13H2,1-6H3,(H2,20,21,22);1H. The molecule has 150 valence electrons. The maximum Gasteiger partial charge on any atom is 0.191 e. The van der Waals surface area contributed by atoms with Gasteiger partial charge in [-0.25, -0.2) is 4.99 Å². The van der Waals surface area contributed by atoms with E-state index in [-0.39, 0.29) is 41.7 Å². The molecule has 1 aromatic rings. The quantitative estimate of drug-likeness (QED) is 0.361. The van der Waals surface area contributed by atoms with Crippen LogP contribution in [-0.4, -0.2) is 54.8 Å². The molecule has 0 aliphatic carbocycles. The molecule has 2 N–H and O–H groups in total. The lowest BCUT2D eigenvalue weighted by Gasteiger charge is -2.45. The Labute approximate surface area is 180 Å². The molecule has 0 spiro atoms. The summed E-state index contributed by atoms with van der Waals surface area (Å²) in [5, 5.41) is 6.88. The fraction of sp³-hybridized carbons (Fsp3) is 0.737. The summed E-state index contributed by atoms with van der Waals surface area (Å²) in [6.07, 6.45) is 0.569. The van der Waals surface area contributed by atoms with Gasteiger partial charge >= 0.3 is 0 Å². The number of aryl methyl sites for hydroxylation is 1. The van der Waals surface area contributed by atoms with Crippen LogP contribution in [0, 0.1) is 6.92 Å². The Morgan fingerprint density at radius 1 is 1.27 bits per heavy atom. The van der Waals surface area contributed by atoms with Crippen LogP contribution in [0.1, 0.15) is 44.4 Å². The second-order valence-corrected chi connectivity index (χ2v) is 8.91. The number of morpholine rings is 1. The second kappa shape index (κ2) is 10.8. The first-order valence-electron chi connectivity index (χ1n) is 9.28. The van der Waals surface area contributed by atoms with Gasteiger partial charge in [-0.2, -0.15) is 0 Å². The molecule has 1 aliphatic rings. The molecule has 0 aromatic carbocycles. The Morgan fingerprint density at radius 2 is 1.92 bits per heavy atom. The Balaban J connectivity index is 0.00000338. The van der Waals surface area contributed by atoms with E-state index in [0.717, 1.165) is 38.7 Å². The number of nitrogens with one attached hydrogen (secondary N) is 2. The van der Waals surface area contributed by atoms with Crippen molar-refractivity contribution in [3.05, 3.63) is 21.9 Å². The van der Waals surface area contributed by atoms with E-state index in [1.807, 2.05) is 11.3 Å². The minimum absolute atomic E-state index is 0. The van der Waals surface area contributed by atoms with Crippen LogP contribution in [-0.2, 0) is 11.3 Å². The van der Waals surface area contributed by atoms with Crippen molar-refractivity contribution in [3.8, 4) is 0 Å². The van der Waals surface area contributed by atoms with Crippen molar-refractivity contribution in [3.63, 3.8) is 0 Å². The average molecular weight is 494 g/mol. The molecule has 26 heavy (non-hydrogen) atoms. The molecule has 0 saturated carbocycles. The second-order valence-electron chi connectivity index (χ2n) is 7.54. The summed E-state index contributed by atoms with van der Waals surface area (Å²) in [6.45, 7) is 17.5. The van der Waals surface area contributed by atoms with Gasteiger partial charge in [0.1, 0.15) is 0 Å². The Kier molecular flexibility index (Phi) is 9.85. The first-order valence-corrected chi connectivity index (χ1v) is 10.1. The van der Waals surface area contributed by atoms with Gasteiger partial charge in [0.15, 0.2) is 5.96 Å². The lowest BCUT2D eigenvalue weighted by molar-refractivity contribution is -0.0946. The smallest absolute Gasteiger partial charge is 0.191 e. The van der Waals surface area contributed by atoms with Gasteiger partial charge < -0.3 is 15.4 Å². The minimum Gasteiger partial charge on any atom is -0.373 e. The first-order chi connectivity index (χ1) is 11.8. The topological polar surface area (TPSA) is 48.9 Å². The SMILES string of the molecule is CCNC(=NCc1ccc(C)s1)NCC(C)(C)N1CC(C)OC(C)C1.I. The summed E-state index contributed by atoms with van der Waals surface area (Å²) >= 11 is 1.81.